The van der Waals surface area contributed by atoms with E-state index in [9.17, 15) is 14.3 Å². The maximum absolute atomic E-state index is 14.2. The second-order valence-corrected chi connectivity index (χ2v) is 12.4. The minimum absolute atomic E-state index is 0.0343. The number of ketones is 1. The summed E-state index contributed by atoms with van der Waals surface area (Å²) in [5, 5.41) is 10.8. The monoisotopic (exact) mass is 440 g/mol. The molecule has 1 N–H and O–H groups in total. The van der Waals surface area contributed by atoms with Crippen molar-refractivity contribution in [3.63, 3.8) is 0 Å². The number of ether oxygens (including phenoxy) is 1. The van der Waals surface area contributed by atoms with Gasteiger partial charge in [-0.15, -0.1) is 0 Å². The quantitative estimate of drug-likeness (QED) is 0.690. The molecule has 1 aromatic rings. The highest BCUT2D eigenvalue weighted by Gasteiger charge is 2.67. The van der Waals surface area contributed by atoms with Crippen LogP contribution in [0.5, 0.6) is 0 Å². The molecule has 4 aliphatic carbocycles. The van der Waals surface area contributed by atoms with E-state index < -0.39 is 5.60 Å². The minimum Gasteiger partial charge on any atom is -0.390 e. The highest BCUT2D eigenvalue weighted by Crippen LogP contribution is 2.70. The molecule has 1 heterocycles. The third-order valence-corrected chi connectivity index (χ3v) is 10.9. The van der Waals surface area contributed by atoms with E-state index in [4.69, 9.17) is 4.74 Å². The smallest absolute Gasteiger partial charge is 0.140 e. The van der Waals surface area contributed by atoms with Crippen LogP contribution < -0.4 is 0 Å². The fourth-order valence-corrected chi connectivity index (χ4v) is 9.41. The number of rotatable bonds is 3. The summed E-state index contributed by atoms with van der Waals surface area (Å²) in [6.45, 7) is 5.24. The minimum atomic E-state index is -0.548. The van der Waals surface area contributed by atoms with Crippen LogP contribution in [0.25, 0.3) is 0 Å². The van der Waals surface area contributed by atoms with Crippen LogP contribution in [0.4, 0.5) is 4.39 Å². The molecule has 0 spiro atoms. The Hall–Kier alpha value is -1.26. The fraction of sp³-hybridized carbons (Fsp3) is 0.750. The van der Waals surface area contributed by atoms with Crippen molar-refractivity contribution < 1.29 is 19.0 Å². The molecular formula is C28H37FO3. The first-order valence-corrected chi connectivity index (χ1v) is 12.8. The number of benzene rings is 1. The number of hydrogen-bond donors (Lipinski definition) is 1. The molecule has 0 amide bonds. The number of hydrogen-bond acceptors (Lipinski definition) is 3. The maximum atomic E-state index is 14.2. The van der Waals surface area contributed by atoms with Crippen molar-refractivity contribution in [1.82, 2.24) is 0 Å². The predicted molar refractivity (Wildman–Crippen MR) is 120 cm³/mol. The molecular weight excluding hydrogens is 403 g/mol. The van der Waals surface area contributed by atoms with Gasteiger partial charge in [0.25, 0.3) is 0 Å². The Balaban J connectivity index is 1.25. The Morgan fingerprint density at radius 2 is 1.91 bits per heavy atom. The zero-order valence-electron chi connectivity index (χ0n) is 19.5. The number of carbonyl (C=O) groups excluding carboxylic acids is 1. The highest BCUT2D eigenvalue weighted by atomic mass is 19.1. The normalized spacial score (nSPS) is 49.2. The molecule has 32 heavy (non-hydrogen) atoms. The number of carbonyl (C=O) groups is 1. The van der Waals surface area contributed by atoms with Gasteiger partial charge in [-0.1, -0.05) is 25.1 Å². The lowest BCUT2D eigenvalue weighted by molar-refractivity contribution is -0.144. The molecule has 5 aliphatic rings. The van der Waals surface area contributed by atoms with Crippen molar-refractivity contribution in [1.29, 1.82) is 0 Å². The van der Waals surface area contributed by atoms with E-state index in [1.807, 2.05) is 13.0 Å². The van der Waals surface area contributed by atoms with Crippen LogP contribution in [0, 0.1) is 46.2 Å². The van der Waals surface area contributed by atoms with Gasteiger partial charge in [-0.25, -0.2) is 4.39 Å². The number of halogens is 1. The number of fused-ring (bicyclic) bond motifs is 3. The van der Waals surface area contributed by atoms with Gasteiger partial charge in [-0.2, -0.15) is 0 Å². The van der Waals surface area contributed by atoms with E-state index in [2.05, 4.69) is 6.92 Å². The van der Waals surface area contributed by atoms with Crippen LogP contribution in [0.15, 0.2) is 24.3 Å². The lowest BCUT2D eigenvalue weighted by Gasteiger charge is -2.60. The molecule has 4 heteroatoms. The molecule has 1 aromatic carbocycles. The summed E-state index contributed by atoms with van der Waals surface area (Å²) in [5.41, 5.74) is 0.269. The first-order valence-electron chi connectivity index (χ1n) is 12.8. The Morgan fingerprint density at radius 3 is 2.72 bits per heavy atom. The van der Waals surface area contributed by atoms with Gasteiger partial charge in [0.05, 0.1) is 18.3 Å². The summed E-state index contributed by atoms with van der Waals surface area (Å²) in [6.07, 6.45) is 8.80. The molecule has 6 rings (SSSR count). The molecule has 9 atom stereocenters. The van der Waals surface area contributed by atoms with E-state index in [0.29, 0.717) is 29.2 Å². The number of Topliss-reactive ketones (excluding diaryl/α,β-unsaturated/α-hetero) is 1. The van der Waals surface area contributed by atoms with Gasteiger partial charge in [0, 0.05) is 17.8 Å². The van der Waals surface area contributed by atoms with E-state index >= 15 is 0 Å². The molecule has 2 unspecified atom stereocenters. The largest absolute Gasteiger partial charge is 0.390 e. The summed E-state index contributed by atoms with van der Waals surface area (Å²) in [5.74, 6) is 2.39. The maximum Gasteiger partial charge on any atom is 0.140 e. The summed E-state index contributed by atoms with van der Waals surface area (Å²) < 4.78 is 20.6. The Kier molecular flexibility index (Phi) is 4.74. The van der Waals surface area contributed by atoms with E-state index in [1.165, 1.54) is 12.5 Å². The SMILES string of the molecule is C[C@@]1(O)CC[C@]23CO[C@H](C[C@@H]4C2CC[C@]2(C)[C@@H](C(=O)Cc5ccccc5F)CC[C@@H]42)C3C1. The van der Waals surface area contributed by atoms with E-state index in [-0.39, 0.29) is 40.9 Å². The predicted octanol–water partition coefficient (Wildman–Crippen LogP) is 5.34. The second kappa shape index (κ2) is 7.12. The Bertz CT molecular complexity index is 927. The van der Waals surface area contributed by atoms with Crippen molar-refractivity contribution >= 4 is 5.78 Å². The summed E-state index contributed by atoms with van der Waals surface area (Å²) >= 11 is 0. The van der Waals surface area contributed by atoms with Crippen LogP contribution >= 0.6 is 0 Å². The van der Waals surface area contributed by atoms with Gasteiger partial charge in [0.15, 0.2) is 0 Å². The van der Waals surface area contributed by atoms with E-state index in [1.54, 1.807) is 12.1 Å². The molecule has 0 radical (unpaired) electrons. The van der Waals surface area contributed by atoms with Crippen LogP contribution in [0.1, 0.15) is 70.8 Å². The Labute approximate surface area is 191 Å². The molecule has 0 aromatic heterocycles. The van der Waals surface area contributed by atoms with E-state index in [0.717, 1.165) is 51.6 Å². The van der Waals surface area contributed by atoms with Gasteiger partial charge < -0.3 is 9.84 Å². The zero-order valence-corrected chi connectivity index (χ0v) is 19.5. The van der Waals surface area contributed by atoms with Gasteiger partial charge in [-0.05, 0) is 99.0 Å². The first-order chi connectivity index (χ1) is 15.2. The van der Waals surface area contributed by atoms with Gasteiger partial charge in [-0.3, -0.25) is 4.79 Å². The summed E-state index contributed by atoms with van der Waals surface area (Å²) in [6, 6.07) is 6.73. The molecule has 1 aliphatic heterocycles. The average molecular weight is 441 g/mol. The first kappa shape index (κ1) is 21.3. The number of aliphatic hydroxyl groups is 1. The lowest BCUT2D eigenvalue weighted by atomic mass is 9.44. The van der Waals surface area contributed by atoms with Crippen LogP contribution in [-0.2, 0) is 16.0 Å². The molecule has 4 saturated carbocycles. The van der Waals surface area contributed by atoms with Crippen molar-refractivity contribution in [3.05, 3.63) is 35.6 Å². The average Bonchev–Trinajstić information content (AvgIpc) is 3.22. The molecule has 5 fully saturated rings. The molecule has 1 saturated heterocycles. The molecule has 2 bridgehead atoms. The van der Waals surface area contributed by atoms with Crippen molar-refractivity contribution in [2.45, 2.75) is 83.3 Å². The van der Waals surface area contributed by atoms with Crippen LogP contribution in [-0.4, -0.2) is 29.2 Å². The fourth-order valence-electron chi connectivity index (χ4n) is 9.41. The van der Waals surface area contributed by atoms with Crippen molar-refractivity contribution in [2.24, 2.45) is 40.4 Å². The zero-order chi connectivity index (χ0) is 22.3. The van der Waals surface area contributed by atoms with Crippen LogP contribution in [0.2, 0.25) is 0 Å². The standard InChI is InChI=1S/C28H37FO3/c1-26(31)11-12-28-16-32-25(22(28)15-26)14-18-19-7-8-21(27(19,2)10-9-20(18)28)24(30)13-17-5-3-4-6-23(17)29/h3-6,18-22,25,31H,7-16H2,1-2H3/t18-,19-,20?,21+,22?,25+,26+,27-,28-/m0/s1. The van der Waals surface area contributed by atoms with Crippen molar-refractivity contribution in [2.75, 3.05) is 6.61 Å². The summed E-state index contributed by atoms with van der Waals surface area (Å²) in [7, 11) is 0. The van der Waals surface area contributed by atoms with Gasteiger partial charge in [0.1, 0.15) is 11.6 Å². The van der Waals surface area contributed by atoms with Gasteiger partial charge >= 0.3 is 0 Å². The Morgan fingerprint density at radius 1 is 1.09 bits per heavy atom. The molecule has 3 nitrogen and oxygen atoms in total. The summed E-state index contributed by atoms with van der Waals surface area (Å²) in [4.78, 5) is 13.4. The molecule has 174 valence electrons. The van der Waals surface area contributed by atoms with Crippen LogP contribution in [0.3, 0.4) is 0 Å². The van der Waals surface area contributed by atoms with Crippen molar-refractivity contribution in [3.8, 4) is 0 Å². The third-order valence-electron chi connectivity index (χ3n) is 10.9. The van der Waals surface area contributed by atoms with Gasteiger partial charge in [0.2, 0.25) is 0 Å². The third kappa shape index (κ3) is 2.94. The second-order valence-electron chi connectivity index (χ2n) is 12.4. The lowest BCUT2D eigenvalue weighted by Crippen LogP contribution is -2.58. The topological polar surface area (TPSA) is 46.5 Å². The highest BCUT2D eigenvalue weighted by molar-refractivity contribution is 5.84.